The molecular formula is C27H27F2N5O2. The monoisotopic (exact) mass is 491 g/mol. The van der Waals surface area contributed by atoms with Gasteiger partial charge in [-0.1, -0.05) is 24.3 Å². The topological polar surface area (TPSA) is 78.3 Å². The third-order valence-corrected chi connectivity index (χ3v) is 5.50. The third-order valence-electron chi connectivity index (χ3n) is 5.50. The molecule has 3 aromatic carbocycles. The number of carbonyl (C=O) groups excluding carboxylic acids is 1. The van der Waals surface area contributed by atoms with Gasteiger partial charge in [-0.05, 0) is 53.6 Å². The van der Waals surface area contributed by atoms with Gasteiger partial charge < -0.3 is 15.4 Å². The number of rotatable bonds is 8. The Balaban J connectivity index is 1.46. The summed E-state index contributed by atoms with van der Waals surface area (Å²) >= 11 is 0. The molecule has 7 nitrogen and oxygen atoms in total. The number of amides is 2. The molecule has 0 radical (unpaired) electrons. The molecular weight excluding hydrogens is 464 g/mol. The van der Waals surface area contributed by atoms with E-state index in [4.69, 9.17) is 4.74 Å². The van der Waals surface area contributed by atoms with E-state index in [0.717, 1.165) is 25.2 Å². The Hall–Kier alpha value is -3.95. The summed E-state index contributed by atoms with van der Waals surface area (Å²) in [5.74, 6) is -0.655. The zero-order chi connectivity index (χ0) is 25.2. The van der Waals surface area contributed by atoms with Crippen molar-refractivity contribution in [2.75, 3.05) is 44.7 Å². The lowest BCUT2D eigenvalue weighted by molar-refractivity contribution is 0.0388. The van der Waals surface area contributed by atoms with E-state index in [0.29, 0.717) is 42.4 Å². The highest BCUT2D eigenvalue weighted by Gasteiger charge is 2.11. The fourth-order valence-corrected chi connectivity index (χ4v) is 3.53. The van der Waals surface area contributed by atoms with Crippen LogP contribution in [-0.2, 0) is 4.74 Å². The Morgan fingerprint density at radius 3 is 2.06 bits per heavy atom. The van der Waals surface area contributed by atoms with Gasteiger partial charge in [-0.3, -0.25) is 14.9 Å². The number of morpholine rings is 1. The van der Waals surface area contributed by atoms with Crippen LogP contribution in [0.4, 0.5) is 30.6 Å². The number of anilines is 1. The number of nitrogens with one attached hydrogen (secondary N) is 2. The Bertz CT molecular complexity index is 1210. The number of hydrogen-bond donors (Lipinski definition) is 2. The van der Waals surface area contributed by atoms with Crippen LogP contribution in [-0.4, -0.2) is 62.8 Å². The van der Waals surface area contributed by atoms with Crippen molar-refractivity contribution in [1.82, 2.24) is 10.2 Å². The van der Waals surface area contributed by atoms with Gasteiger partial charge in [0.15, 0.2) is 0 Å². The Kier molecular flexibility index (Phi) is 8.85. The molecule has 4 rings (SSSR count). The van der Waals surface area contributed by atoms with E-state index in [1.54, 1.807) is 54.9 Å². The standard InChI is InChI=1S/C27H27F2N5O2/c28-22-5-1-20(2-6-22)18-31-25-10-9-24(17-26(25)32-19-21-3-7-23(29)8-4-21)33-27(35)30-11-12-34-13-15-36-16-14-34/h1-10,17-19H,11-16H2,(H2,30,33,35). The van der Waals surface area contributed by atoms with Gasteiger partial charge in [0, 0.05) is 44.3 Å². The van der Waals surface area contributed by atoms with Crippen LogP contribution >= 0.6 is 0 Å². The molecule has 0 atom stereocenters. The highest BCUT2D eigenvalue weighted by Crippen LogP contribution is 2.31. The Morgan fingerprint density at radius 1 is 0.861 bits per heavy atom. The van der Waals surface area contributed by atoms with Crippen molar-refractivity contribution in [1.29, 1.82) is 0 Å². The Labute approximate surface area is 208 Å². The van der Waals surface area contributed by atoms with Crippen LogP contribution in [0.15, 0.2) is 76.7 Å². The van der Waals surface area contributed by atoms with Crippen LogP contribution in [0.5, 0.6) is 0 Å². The molecule has 1 heterocycles. The van der Waals surface area contributed by atoms with Crippen LogP contribution in [0.25, 0.3) is 0 Å². The van der Waals surface area contributed by atoms with Crippen LogP contribution in [0.2, 0.25) is 0 Å². The van der Waals surface area contributed by atoms with Gasteiger partial charge in [-0.2, -0.15) is 0 Å². The third kappa shape index (κ3) is 7.79. The lowest BCUT2D eigenvalue weighted by Crippen LogP contribution is -2.42. The lowest BCUT2D eigenvalue weighted by atomic mass is 10.2. The van der Waals surface area contributed by atoms with Crippen molar-refractivity contribution >= 4 is 35.5 Å². The highest BCUT2D eigenvalue weighted by molar-refractivity contribution is 5.92. The largest absolute Gasteiger partial charge is 0.379 e. The summed E-state index contributed by atoms with van der Waals surface area (Å²) in [7, 11) is 0. The molecule has 0 aliphatic carbocycles. The van der Waals surface area contributed by atoms with Crippen LogP contribution in [0.1, 0.15) is 11.1 Å². The van der Waals surface area contributed by atoms with E-state index in [-0.39, 0.29) is 17.7 Å². The SMILES string of the molecule is O=C(NCCN1CCOCC1)Nc1ccc(N=Cc2ccc(F)cc2)c(N=Cc2ccc(F)cc2)c1. The smallest absolute Gasteiger partial charge is 0.319 e. The number of ether oxygens (including phenoxy) is 1. The normalized spacial score (nSPS) is 14.4. The van der Waals surface area contributed by atoms with E-state index in [9.17, 15) is 13.6 Å². The van der Waals surface area contributed by atoms with E-state index in [1.807, 2.05) is 0 Å². The van der Waals surface area contributed by atoms with Crippen molar-refractivity contribution in [3.63, 3.8) is 0 Å². The van der Waals surface area contributed by atoms with E-state index in [1.165, 1.54) is 24.3 Å². The number of carbonyl (C=O) groups is 1. The van der Waals surface area contributed by atoms with Crippen molar-refractivity contribution < 1.29 is 18.3 Å². The molecule has 1 fully saturated rings. The predicted octanol–water partition coefficient (Wildman–Crippen LogP) is 4.92. The first kappa shape index (κ1) is 25.2. The quantitative estimate of drug-likeness (QED) is 0.439. The predicted molar refractivity (Wildman–Crippen MR) is 138 cm³/mol. The average Bonchev–Trinajstić information content (AvgIpc) is 2.89. The summed E-state index contributed by atoms with van der Waals surface area (Å²) in [5.41, 5.74) is 3.04. The molecule has 1 saturated heterocycles. The summed E-state index contributed by atoms with van der Waals surface area (Å²) in [6, 6.07) is 16.8. The zero-order valence-electron chi connectivity index (χ0n) is 19.7. The first-order valence-electron chi connectivity index (χ1n) is 11.6. The molecule has 2 amide bonds. The number of hydrogen-bond acceptors (Lipinski definition) is 5. The van der Waals surface area contributed by atoms with Crippen LogP contribution < -0.4 is 10.6 Å². The minimum Gasteiger partial charge on any atom is -0.379 e. The summed E-state index contributed by atoms with van der Waals surface area (Å²) in [6.07, 6.45) is 3.20. The second-order valence-corrected chi connectivity index (χ2v) is 8.16. The van der Waals surface area contributed by atoms with Crippen molar-refractivity contribution in [3.8, 4) is 0 Å². The number of benzene rings is 3. The van der Waals surface area contributed by atoms with Gasteiger partial charge in [-0.15, -0.1) is 0 Å². The van der Waals surface area contributed by atoms with Gasteiger partial charge in [0.25, 0.3) is 0 Å². The van der Waals surface area contributed by atoms with Gasteiger partial charge in [0.05, 0.1) is 24.6 Å². The molecule has 36 heavy (non-hydrogen) atoms. The molecule has 0 bridgehead atoms. The summed E-state index contributed by atoms with van der Waals surface area (Å²) < 4.78 is 31.7. The number of halogens is 2. The summed E-state index contributed by atoms with van der Waals surface area (Å²) in [4.78, 5) is 23.6. The first-order chi connectivity index (χ1) is 17.5. The maximum atomic E-state index is 13.2. The maximum Gasteiger partial charge on any atom is 0.319 e. The molecule has 9 heteroatoms. The fourth-order valence-electron chi connectivity index (χ4n) is 3.53. The maximum absolute atomic E-state index is 13.2. The fraction of sp³-hybridized carbons (Fsp3) is 0.222. The number of aliphatic imine (C=N–C) groups is 2. The molecule has 0 saturated carbocycles. The van der Waals surface area contributed by atoms with Crippen LogP contribution in [0, 0.1) is 11.6 Å². The molecule has 2 N–H and O–H groups in total. The molecule has 3 aromatic rings. The zero-order valence-corrected chi connectivity index (χ0v) is 19.7. The van der Waals surface area contributed by atoms with Crippen molar-refractivity contribution in [2.45, 2.75) is 0 Å². The summed E-state index contributed by atoms with van der Waals surface area (Å²) in [5, 5.41) is 5.68. The van der Waals surface area contributed by atoms with E-state index < -0.39 is 0 Å². The molecule has 0 spiro atoms. The van der Waals surface area contributed by atoms with E-state index in [2.05, 4.69) is 25.5 Å². The van der Waals surface area contributed by atoms with Gasteiger partial charge >= 0.3 is 6.03 Å². The first-order valence-corrected chi connectivity index (χ1v) is 11.6. The molecule has 0 aromatic heterocycles. The minimum absolute atomic E-state index is 0.320. The van der Waals surface area contributed by atoms with Gasteiger partial charge in [0.2, 0.25) is 0 Å². The molecule has 1 aliphatic heterocycles. The van der Waals surface area contributed by atoms with Gasteiger partial charge in [0.1, 0.15) is 11.6 Å². The highest BCUT2D eigenvalue weighted by atomic mass is 19.1. The van der Waals surface area contributed by atoms with Gasteiger partial charge in [-0.25, -0.2) is 13.6 Å². The van der Waals surface area contributed by atoms with E-state index >= 15 is 0 Å². The summed E-state index contributed by atoms with van der Waals surface area (Å²) in [6.45, 7) is 4.41. The number of urea groups is 1. The van der Waals surface area contributed by atoms with Crippen molar-refractivity contribution in [3.05, 3.63) is 89.5 Å². The lowest BCUT2D eigenvalue weighted by Gasteiger charge is -2.26. The molecule has 0 unspecified atom stereocenters. The second kappa shape index (κ2) is 12.7. The van der Waals surface area contributed by atoms with Crippen molar-refractivity contribution in [2.24, 2.45) is 9.98 Å². The average molecular weight is 492 g/mol. The Morgan fingerprint density at radius 2 is 1.44 bits per heavy atom. The number of nitrogens with zero attached hydrogens (tertiary/aromatic N) is 3. The van der Waals surface area contributed by atoms with Crippen LogP contribution in [0.3, 0.4) is 0 Å². The second-order valence-electron chi connectivity index (χ2n) is 8.16. The molecule has 186 valence electrons. The minimum atomic E-state index is -0.331. The molecule has 1 aliphatic rings.